The number of ether oxygens (including phenoxy) is 2. The summed E-state index contributed by atoms with van der Waals surface area (Å²) in [5.74, 6) is -11.7. The first-order valence-corrected chi connectivity index (χ1v) is 9.42. The Balaban J connectivity index is 3.31. The van der Waals surface area contributed by atoms with Crippen molar-refractivity contribution in [3.8, 4) is 0 Å². The maximum atomic E-state index is 13.6. The van der Waals surface area contributed by atoms with Gasteiger partial charge in [-0.1, -0.05) is 25.8 Å². The van der Waals surface area contributed by atoms with Crippen molar-refractivity contribution in [2.45, 2.75) is 55.4 Å². The molecule has 0 aromatic carbocycles. The van der Waals surface area contributed by atoms with E-state index in [1.54, 1.807) is 0 Å². The fourth-order valence-corrected chi connectivity index (χ4v) is 2.59. The van der Waals surface area contributed by atoms with Crippen molar-refractivity contribution in [1.82, 2.24) is 5.32 Å². The summed E-state index contributed by atoms with van der Waals surface area (Å²) < 4.78 is 117. The van der Waals surface area contributed by atoms with Gasteiger partial charge in [-0.15, -0.1) is 0 Å². The molecule has 1 unspecified atom stereocenters. The number of amides is 1. The van der Waals surface area contributed by atoms with Gasteiger partial charge in [-0.2, -0.15) is 34.8 Å². The van der Waals surface area contributed by atoms with E-state index < -0.39 is 57.7 Å². The van der Waals surface area contributed by atoms with Crippen molar-refractivity contribution in [2.75, 3.05) is 6.61 Å². The maximum absolute atomic E-state index is 13.6. The van der Waals surface area contributed by atoms with E-state index in [1.807, 2.05) is 5.32 Å². The molecule has 1 saturated carbocycles. The highest BCUT2D eigenvalue weighted by atomic mass is 32.2. The van der Waals surface area contributed by atoms with E-state index in [-0.39, 0.29) is 12.8 Å². The molecule has 29 heavy (non-hydrogen) atoms. The van der Waals surface area contributed by atoms with E-state index in [1.165, 1.54) is 0 Å². The molecule has 0 aliphatic heterocycles. The number of carbonyl (C=O) groups is 2. The fourth-order valence-electron chi connectivity index (χ4n) is 2.38. The van der Waals surface area contributed by atoms with E-state index in [2.05, 4.69) is 16.1 Å². The second-order valence-electron chi connectivity index (χ2n) is 6.12. The first-order chi connectivity index (χ1) is 13.0. The lowest BCUT2D eigenvalue weighted by molar-refractivity contribution is -0.353. The highest BCUT2D eigenvalue weighted by Crippen LogP contribution is 2.38. The van der Waals surface area contributed by atoms with Crippen LogP contribution in [0.4, 0.5) is 26.3 Å². The largest absolute Gasteiger partial charge is 0.466 e. The summed E-state index contributed by atoms with van der Waals surface area (Å²) in [6.07, 6.45) is -3.86. The first-order valence-electron chi connectivity index (χ1n) is 7.98. The van der Waals surface area contributed by atoms with E-state index in [4.69, 9.17) is 4.55 Å². The summed E-state index contributed by atoms with van der Waals surface area (Å²) in [7, 11) is -6.26. The average molecular weight is 457 g/mol. The summed E-state index contributed by atoms with van der Waals surface area (Å²) in [5.41, 5.74) is 0. The van der Waals surface area contributed by atoms with Gasteiger partial charge < -0.3 is 14.8 Å². The molecule has 0 heterocycles. The number of hydrogen-bond donors (Lipinski definition) is 2. The van der Waals surface area contributed by atoms with Crippen LogP contribution in [0.5, 0.6) is 0 Å². The molecular weight excluding hydrogens is 440 g/mol. The Hall–Kier alpha value is -1.87. The van der Waals surface area contributed by atoms with E-state index >= 15 is 0 Å². The standard InChI is InChI=1S/C14H17F6NO7S/c1-8(15)10(22)28-13(14(18,19)20,27-7-12(16,17)29(24,25)26)11(23)21-9-5-3-2-4-6-9/h9H,1-7H2,(H,21,23)(H,24,25,26). The van der Waals surface area contributed by atoms with E-state index in [0.29, 0.717) is 12.8 Å². The van der Waals surface area contributed by atoms with E-state index in [9.17, 15) is 44.3 Å². The summed E-state index contributed by atoms with van der Waals surface area (Å²) in [4.78, 5) is 23.6. The van der Waals surface area contributed by atoms with Gasteiger partial charge in [0.05, 0.1) is 0 Å². The topological polar surface area (TPSA) is 119 Å². The van der Waals surface area contributed by atoms with Crippen molar-refractivity contribution in [2.24, 2.45) is 0 Å². The molecule has 1 aliphatic carbocycles. The Kier molecular flexibility index (Phi) is 7.70. The zero-order valence-corrected chi connectivity index (χ0v) is 15.4. The van der Waals surface area contributed by atoms with Gasteiger partial charge in [0.15, 0.2) is 0 Å². The Morgan fingerprint density at radius 1 is 1.10 bits per heavy atom. The zero-order valence-electron chi connectivity index (χ0n) is 14.6. The second-order valence-corrected chi connectivity index (χ2v) is 7.67. The molecule has 1 atom stereocenters. The van der Waals surface area contributed by atoms with Gasteiger partial charge in [-0.05, 0) is 12.8 Å². The van der Waals surface area contributed by atoms with Gasteiger partial charge in [0, 0.05) is 6.04 Å². The number of nitrogens with one attached hydrogen (secondary N) is 1. The molecule has 0 saturated heterocycles. The van der Waals surface area contributed by atoms with Gasteiger partial charge in [0.1, 0.15) is 6.61 Å². The minimum atomic E-state index is -6.26. The molecule has 0 spiro atoms. The van der Waals surface area contributed by atoms with Crippen LogP contribution in [0.3, 0.4) is 0 Å². The highest BCUT2D eigenvalue weighted by Gasteiger charge is 2.68. The number of halogens is 6. The van der Waals surface area contributed by atoms with Crippen LogP contribution in [-0.4, -0.2) is 54.7 Å². The van der Waals surface area contributed by atoms with Crippen molar-refractivity contribution in [3.05, 3.63) is 12.4 Å². The normalized spacial score (nSPS) is 18.6. The SMILES string of the molecule is C=C(F)C(=O)OC(OCC(F)(F)S(=O)(=O)O)(C(=O)NC1CCCCC1)C(F)(F)F. The number of hydrogen-bond acceptors (Lipinski definition) is 6. The molecule has 8 nitrogen and oxygen atoms in total. The van der Waals surface area contributed by atoms with Crippen molar-refractivity contribution < 1.29 is 58.4 Å². The van der Waals surface area contributed by atoms with Gasteiger partial charge in [-0.3, -0.25) is 9.35 Å². The van der Waals surface area contributed by atoms with Gasteiger partial charge in [0.25, 0.3) is 0 Å². The number of rotatable bonds is 8. The third kappa shape index (κ3) is 6.05. The van der Waals surface area contributed by atoms with Crippen molar-refractivity contribution in [1.29, 1.82) is 0 Å². The average Bonchev–Trinajstić information content (AvgIpc) is 2.56. The maximum Gasteiger partial charge on any atom is 0.466 e. The van der Waals surface area contributed by atoms with Crippen molar-refractivity contribution >= 4 is 22.0 Å². The third-order valence-corrected chi connectivity index (χ3v) is 4.76. The lowest BCUT2D eigenvalue weighted by Gasteiger charge is -2.35. The molecule has 1 fully saturated rings. The Labute approximate surface area is 161 Å². The minimum absolute atomic E-state index is 0.213. The van der Waals surface area contributed by atoms with Gasteiger partial charge >= 0.3 is 39.2 Å². The lowest BCUT2D eigenvalue weighted by Crippen LogP contribution is -2.64. The number of carbonyl (C=O) groups excluding carboxylic acids is 2. The van der Waals surface area contributed by atoms with Crippen LogP contribution < -0.4 is 5.32 Å². The third-order valence-electron chi connectivity index (χ3n) is 3.89. The Morgan fingerprint density at radius 2 is 1.62 bits per heavy atom. The predicted molar refractivity (Wildman–Crippen MR) is 82.6 cm³/mol. The molecule has 0 bridgehead atoms. The van der Waals surface area contributed by atoms with Crippen LogP contribution in [0.25, 0.3) is 0 Å². The predicted octanol–water partition coefficient (Wildman–Crippen LogP) is 2.22. The first kappa shape index (κ1) is 25.2. The lowest BCUT2D eigenvalue weighted by atomic mass is 9.95. The molecule has 0 aromatic rings. The second kappa shape index (κ2) is 8.87. The van der Waals surface area contributed by atoms with Crippen LogP contribution >= 0.6 is 0 Å². The van der Waals surface area contributed by atoms with Crippen LogP contribution in [0.15, 0.2) is 12.4 Å². The fraction of sp³-hybridized carbons (Fsp3) is 0.714. The molecule has 168 valence electrons. The molecule has 1 rings (SSSR count). The summed E-state index contributed by atoms with van der Waals surface area (Å²) in [6.45, 7) is -0.376. The smallest absolute Gasteiger partial charge is 0.410 e. The minimum Gasteiger partial charge on any atom is -0.410 e. The van der Waals surface area contributed by atoms with Crippen LogP contribution in [-0.2, 0) is 29.2 Å². The molecule has 0 radical (unpaired) electrons. The van der Waals surface area contributed by atoms with Gasteiger partial charge in [-0.25, -0.2) is 4.79 Å². The Bertz CT molecular complexity index is 748. The van der Waals surface area contributed by atoms with Crippen LogP contribution in [0, 0.1) is 0 Å². The van der Waals surface area contributed by atoms with Gasteiger partial charge in [0.2, 0.25) is 5.83 Å². The molecule has 1 aliphatic rings. The monoisotopic (exact) mass is 457 g/mol. The van der Waals surface area contributed by atoms with Crippen LogP contribution in [0.2, 0.25) is 0 Å². The van der Waals surface area contributed by atoms with Crippen molar-refractivity contribution in [3.63, 3.8) is 0 Å². The summed E-state index contributed by atoms with van der Waals surface area (Å²) in [6, 6.07) is -0.865. The highest BCUT2D eigenvalue weighted by molar-refractivity contribution is 7.86. The summed E-state index contributed by atoms with van der Waals surface area (Å²) in [5, 5.41) is -3.50. The molecule has 2 N–H and O–H groups in total. The zero-order chi connectivity index (χ0) is 22.7. The number of esters is 1. The van der Waals surface area contributed by atoms with E-state index in [0.717, 1.165) is 6.42 Å². The molecule has 0 aromatic heterocycles. The molecular formula is C14H17F6NO7S. The Morgan fingerprint density at radius 3 is 2.03 bits per heavy atom. The quantitative estimate of drug-likeness (QED) is 0.189. The summed E-state index contributed by atoms with van der Waals surface area (Å²) >= 11 is 0. The number of alkyl halides is 5. The van der Waals surface area contributed by atoms with Crippen LogP contribution in [0.1, 0.15) is 32.1 Å². The molecule has 1 amide bonds. The molecule has 15 heteroatoms.